The Morgan fingerprint density at radius 2 is 1.89 bits per heavy atom. The Labute approximate surface area is 109 Å². The van der Waals surface area contributed by atoms with E-state index in [1.54, 1.807) is 0 Å². The van der Waals surface area contributed by atoms with Crippen LogP contribution in [0.15, 0.2) is 0 Å². The topological polar surface area (TPSA) is 98.2 Å². The molecule has 0 radical (unpaired) electrons. The van der Waals surface area contributed by atoms with Crippen LogP contribution in [0.3, 0.4) is 0 Å². The zero-order valence-corrected chi connectivity index (χ0v) is 11.4. The Kier molecular flexibility index (Phi) is 5.14. The van der Waals surface area contributed by atoms with Crippen LogP contribution in [0.5, 0.6) is 0 Å². The molecule has 0 aromatic carbocycles. The first-order chi connectivity index (χ1) is 8.30. The highest BCUT2D eigenvalue weighted by Gasteiger charge is 2.27. The molecule has 5 nitrogen and oxygen atoms in total. The van der Waals surface area contributed by atoms with Crippen molar-refractivity contribution in [1.29, 1.82) is 0 Å². The normalized spacial score (nSPS) is 21.3. The lowest BCUT2D eigenvalue weighted by atomic mass is 9.73. The van der Waals surface area contributed by atoms with Gasteiger partial charge in [0.25, 0.3) is 0 Å². The molecule has 1 aliphatic rings. The summed E-state index contributed by atoms with van der Waals surface area (Å²) in [4.78, 5) is 22.3. The maximum Gasteiger partial charge on any atom is 0.237 e. The third-order valence-electron chi connectivity index (χ3n) is 3.78. The van der Waals surface area contributed by atoms with E-state index >= 15 is 0 Å². The minimum Gasteiger partial charge on any atom is -0.370 e. The van der Waals surface area contributed by atoms with Gasteiger partial charge in [-0.15, -0.1) is 0 Å². The van der Waals surface area contributed by atoms with Crippen molar-refractivity contribution in [3.05, 3.63) is 0 Å². The van der Waals surface area contributed by atoms with Crippen LogP contribution in [0.1, 0.15) is 46.0 Å². The molecule has 0 spiro atoms. The van der Waals surface area contributed by atoms with E-state index in [1.165, 1.54) is 12.8 Å². The number of rotatable bonds is 5. The van der Waals surface area contributed by atoms with Gasteiger partial charge >= 0.3 is 0 Å². The van der Waals surface area contributed by atoms with E-state index in [0.717, 1.165) is 12.8 Å². The van der Waals surface area contributed by atoms with Crippen molar-refractivity contribution in [2.75, 3.05) is 6.54 Å². The molecule has 1 atom stereocenters. The van der Waals surface area contributed by atoms with Gasteiger partial charge < -0.3 is 16.8 Å². The van der Waals surface area contributed by atoms with Gasteiger partial charge in [-0.05, 0) is 37.0 Å². The molecule has 5 N–H and O–H groups in total. The number of hydrogen-bond acceptors (Lipinski definition) is 3. The van der Waals surface area contributed by atoms with Crippen molar-refractivity contribution in [1.82, 2.24) is 5.32 Å². The van der Waals surface area contributed by atoms with Crippen molar-refractivity contribution in [2.24, 2.45) is 22.8 Å². The molecule has 1 aliphatic carbocycles. The van der Waals surface area contributed by atoms with Crippen LogP contribution in [-0.4, -0.2) is 24.4 Å². The molecule has 104 valence electrons. The molecule has 1 rings (SSSR count). The molecule has 1 unspecified atom stereocenters. The summed E-state index contributed by atoms with van der Waals surface area (Å²) < 4.78 is 0. The predicted molar refractivity (Wildman–Crippen MR) is 70.5 cm³/mol. The first kappa shape index (κ1) is 15.0. The highest BCUT2D eigenvalue weighted by atomic mass is 16.2. The van der Waals surface area contributed by atoms with Gasteiger partial charge in [0.1, 0.15) is 0 Å². The first-order valence-electron chi connectivity index (χ1n) is 6.62. The monoisotopic (exact) mass is 255 g/mol. The van der Waals surface area contributed by atoms with E-state index in [-0.39, 0.29) is 12.3 Å². The smallest absolute Gasteiger partial charge is 0.237 e. The van der Waals surface area contributed by atoms with Crippen LogP contribution in [-0.2, 0) is 9.59 Å². The number of carbonyl (C=O) groups is 2. The molecular weight excluding hydrogens is 230 g/mol. The van der Waals surface area contributed by atoms with Crippen molar-refractivity contribution in [3.8, 4) is 0 Å². The summed E-state index contributed by atoms with van der Waals surface area (Å²) in [6, 6.07) is -0.817. The maximum absolute atomic E-state index is 11.6. The van der Waals surface area contributed by atoms with Crippen LogP contribution < -0.4 is 16.8 Å². The fraction of sp³-hybridized carbons (Fsp3) is 0.846. The molecule has 0 heterocycles. The predicted octanol–water partition coefficient (Wildman–Crippen LogP) is 0.522. The van der Waals surface area contributed by atoms with Crippen LogP contribution in [0.4, 0.5) is 0 Å². The van der Waals surface area contributed by atoms with Crippen LogP contribution in [0.25, 0.3) is 0 Å². The van der Waals surface area contributed by atoms with E-state index in [9.17, 15) is 9.59 Å². The lowest BCUT2D eigenvalue weighted by molar-refractivity contribution is -0.126. The van der Waals surface area contributed by atoms with Crippen molar-refractivity contribution in [2.45, 2.75) is 52.0 Å². The third-order valence-corrected chi connectivity index (χ3v) is 3.78. The molecule has 0 aliphatic heterocycles. The summed E-state index contributed by atoms with van der Waals surface area (Å²) in [5.41, 5.74) is 11.0. The Morgan fingerprint density at radius 1 is 1.33 bits per heavy atom. The van der Waals surface area contributed by atoms with E-state index in [1.807, 2.05) is 0 Å². The Hall–Kier alpha value is -1.10. The Morgan fingerprint density at radius 3 is 2.39 bits per heavy atom. The second kappa shape index (κ2) is 6.18. The van der Waals surface area contributed by atoms with E-state index < -0.39 is 11.9 Å². The van der Waals surface area contributed by atoms with Crippen LogP contribution in [0, 0.1) is 11.3 Å². The molecule has 2 amide bonds. The van der Waals surface area contributed by atoms with E-state index in [4.69, 9.17) is 11.5 Å². The highest BCUT2D eigenvalue weighted by Crippen LogP contribution is 2.37. The molecule has 0 saturated heterocycles. The van der Waals surface area contributed by atoms with E-state index in [2.05, 4.69) is 19.2 Å². The van der Waals surface area contributed by atoms with Gasteiger partial charge in [0, 0.05) is 6.54 Å². The van der Waals surface area contributed by atoms with Crippen molar-refractivity contribution >= 4 is 11.8 Å². The minimum atomic E-state index is -0.817. The van der Waals surface area contributed by atoms with Gasteiger partial charge in [-0.1, -0.05) is 13.8 Å². The largest absolute Gasteiger partial charge is 0.370 e. The van der Waals surface area contributed by atoms with Gasteiger partial charge in [0.15, 0.2) is 0 Å². The fourth-order valence-electron chi connectivity index (χ4n) is 2.35. The molecular formula is C13H25N3O2. The van der Waals surface area contributed by atoms with Gasteiger partial charge in [0.2, 0.25) is 11.8 Å². The summed E-state index contributed by atoms with van der Waals surface area (Å²) in [7, 11) is 0. The van der Waals surface area contributed by atoms with Gasteiger partial charge in [0.05, 0.1) is 12.5 Å². The summed E-state index contributed by atoms with van der Waals surface area (Å²) in [6.45, 7) is 5.22. The summed E-state index contributed by atoms with van der Waals surface area (Å²) in [5, 5.41) is 2.81. The number of amides is 2. The number of primary amides is 1. The molecule has 0 aromatic heterocycles. The highest BCUT2D eigenvalue weighted by molar-refractivity contribution is 5.87. The second-order valence-electron chi connectivity index (χ2n) is 6.13. The standard InChI is InChI=1S/C13H25N3O2/c1-13(2)5-3-9(4-6-13)8-16-12(18)10(14)7-11(15)17/h9-10H,3-8,14H2,1-2H3,(H2,15,17)(H,16,18). The fourth-order valence-corrected chi connectivity index (χ4v) is 2.35. The molecule has 5 heteroatoms. The van der Waals surface area contributed by atoms with Gasteiger partial charge in [-0.25, -0.2) is 0 Å². The summed E-state index contributed by atoms with van der Waals surface area (Å²) in [5.74, 6) is -0.293. The summed E-state index contributed by atoms with van der Waals surface area (Å²) in [6.07, 6.45) is 4.57. The average molecular weight is 255 g/mol. The van der Waals surface area contributed by atoms with Crippen LogP contribution in [0.2, 0.25) is 0 Å². The zero-order chi connectivity index (χ0) is 13.8. The number of carbonyl (C=O) groups excluding carboxylic acids is 2. The molecule has 1 saturated carbocycles. The van der Waals surface area contributed by atoms with Crippen LogP contribution >= 0.6 is 0 Å². The zero-order valence-electron chi connectivity index (χ0n) is 11.4. The third kappa shape index (κ3) is 5.04. The molecule has 1 fully saturated rings. The van der Waals surface area contributed by atoms with Crippen molar-refractivity contribution < 1.29 is 9.59 Å². The number of nitrogens with one attached hydrogen (secondary N) is 1. The average Bonchev–Trinajstić information content (AvgIpc) is 2.26. The second-order valence-corrected chi connectivity index (χ2v) is 6.13. The maximum atomic E-state index is 11.6. The van der Waals surface area contributed by atoms with Gasteiger partial charge in [-0.2, -0.15) is 0 Å². The SMILES string of the molecule is CC1(C)CCC(CNC(=O)C(N)CC(N)=O)CC1. The Balaban J connectivity index is 2.25. The Bertz CT molecular complexity index is 305. The lowest BCUT2D eigenvalue weighted by Gasteiger charge is -2.34. The first-order valence-corrected chi connectivity index (χ1v) is 6.62. The minimum absolute atomic E-state index is 0.0937. The number of nitrogens with two attached hydrogens (primary N) is 2. The number of hydrogen-bond donors (Lipinski definition) is 3. The molecule has 0 bridgehead atoms. The molecule has 18 heavy (non-hydrogen) atoms. The quantitative estimate of drug-likeness (QED) is 0.668. The molecule has 0 aromatic rings. The lowest BCUT2D eigenvalue weighted by Crippen LogP contribution is -2.44. The van der Waals surface area contributed by atoms with Crippen molar-refractivity contribution in [3.63, 3.8) is 0 Å². The van der Waals surface area contributed by atoms with Gasteiger partial charge in [-0.3, -0.25) is 9.59 Å². The van der Waals surface area contributed by atoms with E-state index in [0.29, 0.717) is 17.9 Å². The summed E-state index contributed by atoms with van der Waals surface area (Å²) >= 11 is 0.